The van der Waals surface area contributed by atoms with E-state index >= 15 is 0 Å². The smallest absolute Gasteiger partial charge is 0.391 e. The van der Waals surface area contributed by atoms with Crippen LogP contribution in [0.3, 0.4) is 0 Å². The van der Waals surface area contributed by atoms with E-state index in [2.05, 4.69) is 5.32 Å². The van der Waals surface area contributed by atoms with E-state index in [1.807, 2.05) is 19.1 Å². The van der Waals surface area contributed by atoms with Crippen LogP contribution in [0.2, 0.25) is 0 Å². The Hall–Kier alpha value is -2.17. The van der Waals surface area contributed by atoms with Crippen molar-refractivity contribution in [1.29, 1.82) is 0 Å². The number of para-hydroxylation sites is 2. The fourth-order valence-electron chi connectivity index (χ4n) is 2.23. The highest BCUT2D eigenvalue weighted by atomic mass is 19.4. The van der Waals surface area contributed by atoms with Crippen LogP contribution in [-0.2, 0) is 0 Å². The predicted octanol–water partition coefficient (Wildman–Crippen LogP) is 5.11. The summed E-state index contributed by atoms with van der Waals surface area (Å²) in [6.07, 6.45) is -5.21. The number of rotatable bonds is 5. The summed E-state index contributed by atoms with van der Waals surface area (Å²) in [6, 6.07) is 13.1. The zero-order chi connectivity index (χ0) is 16.2. The summed E-state index contributed by atoms with van der Waals surface area (Å²) in [5.41, 5.74) is 2.14. The van der Waals surface area contributed by atoms with E-state index in [1.165, 1.54) is 7.11 Å². The Morgan fingerprint density at radius 3 is 2.27 bits per heavy atom. The maximum Gasteiger partial charge on any atom is 0.391 e. The van der Waals surface area contributed by atoms with Gasteiger partial charge in [-0.05, 0) is 24.6 Å². The van der Waals surface area contributed by atoms with Crippen LogP contribution in [0.25, 0.3) is 0 Å². The van der Waals surface area contributed by atoms with Gasteiger partial charge in [-0.3, -0.25) is 0 Å². The molecule has 1 unspecified atom stereocenters. The minimum Gasteiger partial charge on any atom is -0.495 e. The van der Waals surface area contributed by atoms with Gasteiger partial charge in [0.1, 0.15) is 5.75 Å². The van der Waals surface area contributed by atoms with Crippen LogP contribution in [0.15, 0.2) is 48.5 Å². The van der Waals surface area contributed by atoms with Gasteiger partial charge in [0.25, 0.3) is 0 Å². The molecule has 0 amide bonds. The third-order valence-electron chi connectivity index (χ3n) is 3.35. The van der Waals surface area contributed by atoms with Gasteiger partial charge in [-0.15, -0.1) is 0 Å². The minimum absolute atomic E-state index is 0.516. The van der Waals surface area contributed by atoms with Gasteiger partial charge in [-0.1, -0.05) is 42.0 Å². The van der Waals surface area contributed by atoms with Gasteiger partial charge in [-0.25, -0.2) is 0 Å². The van der Waals surface area contributed by atoms with E-state index in [4.69, 9.17) is 4.74 Å². The number of nitrogens with one attached hydrogen (secondary N) is 1. The molecule has 1 N–H and O–H groups in total. The molecule has 22 heavy (non-hydrogen) atoms. The first-order chi connectivity index (χ1) is 10.4. The molecule has 1 atom stereocenters. The number of alkyl halides is 3. The zero-order valence-corrected chi connectivity index (χ0v) is 12.4. The van der Waals surface area contributed by atoms with Crippen molar-refractivity contribution in [2.24, 2.45) is 0 Å². The molecule has 0 fully saturated rings. The maximum absolute atomic E-state index is 12.9. The lowest BCUT2D eigenvalue weighted by Crippen LogP contribution is -2.20. The molecule has 0 saturated carbocycles. The van der Waals surface area contributed by atoms with Crippen LogP contribution in [-0.4, -0.2) is 13.3 Å². The molecule has 0 bridgehead atoms. The molecule has 0 heterocycles. The average molecular weight is 309 g/mol. The minimum atomic E-state index is -4.26. The number of aryl methyl sites for hydroxylation is 1. The predicted molar refractivity (Wildman–Crippen MR) is 81.2 cm³/mol. The van der Waals surface area contributed by atoms with Gasteiger partial charge in [-0.2, -0.15) is 13.2 Å². The standard InChI is InChI=1S/C17H18F3NO/c1-12-7-9-13(10-8-12)15(11-17(18,19)20)21-14-5-3-4-6-16(14)22-2/h3-10,15,21H,11H2,1-2H3. The summed E-state index contributed by atoms with van der Waals surface area (Å²) in [5, 5.41) is 2.95. The van der Waals surface area contributed by atoms with E-state index < -0.39 is 18.6 Å². The highest BCUT2D eigenvalue weighted by molar-refractivity contribution is 5.57. The molecule has 0 spiro atoms. The van der Waals surface area contributed by atoms with Crippen LogP contribution in [0, 0.1) is 6.92 Å². The van der Waals surface area contributed by atoms with Crippen molar-refractivity contribution < 1.29 is 17.9 Å². The van der Waals surface area contributed by atoms with E-state index in [0.29, 0.717) is 17.0 Å². The highest BCUT2D eigenvalue weighted by Crippen LogP contribution is 2.34. The first-order valence-electron chi connectivity index (χ1n) is 6.92. The van der Waals surface area contributed by atoms with Crippen molar-refractivity contribution in [2.75, 3.05) is 12.4 Å². The summed E-state index contributed by atoms with van der Waals surface area (Å²) >= 11 is 0. The topological polar surface area (TPSA) is 21.3 Å². The maximum atomic E-state index is 12.9. The molecule has 0 aliphatic carbocycles. The Labute approximate surface area is 127 Å². The second-order valence-electron chi connectivity index (χ2n) is 5.13. The Balaban J connectivity index is 2.30. The third kappa shape index (κ3) is 4.41. The largest absolute Gasteiger partial charge is 0.495 e. The number of ether oxygens (including phenoxy) is 1. The van der Waals surface area contributed by atoms with Gasteiger partial charge >= 0.3 is 6.18 Å². The quantitative estimate of drug-likeness (QED) is 0.828. The average Bonchev–Trinajstić information content (AvgIpc) is 2.46. The van der Waals surface area contributed by atoms with Crippen LogP contribution in [0.5, 0.6) is 5.75 Å². The summed E-state index contributed by atoms with van der Waals surface area (Å²) in [4.78, 5) is 0. The Kier molecular flexibility index (Phi) is 4.96. The third-order valence-corrected chi connectivity index (χ3v) is 3.35. The number of halogens is 3. The fraction of sp³-hybridized carbons (Fsp3) is 0.294. The van der Waals surface area contributed by atoms with Crippen LogP contribution in [0.1, 0.15) is 23.6 Å². The number of benzene rings is 2. The number of hydrogen-bond donors (Lipinski definition) is 1. The van der Waals surface area contributed by atoms with Gasteiger partial charge in [0.05, 0.1) is 25.3 Å². The summed E-state index contributed by atoms with van der Waals surface area (Å²) < 4.78 is 43.8. The lowest BCUT2D eigenvalue weighted by atomic mass is 10.0. The SMILES string of the molecule is COc1ccccc1NC(CC(F)(F)F)c1ccc(C)cc1. The van der Waals surface area contributed by atoms with Crippen molar-refractivity contribution in [3.05, 3.63) is 59.7 Å². The van der Waals surface area contributed by atoms with Gasteiger partial charge < -0.3 is 10.1 Å². The Bertz CT molecular complexity index is 608. The summed E-state index contributed by atoms with van der Waals surface area (Å²) in [7, 11) is 1.49. The monoisotopic (exact) mass is 309 g/mol. The van der Waals surface area contributed by atoms with Gasteiger partial charge in [0, 0.05) is 0 Å². The Morgan fingerprint density at radius 1 is 1.05 bits per heavy atom. The molecule has 2 aromatic rings. The molecule has 2 aromatic carbocycles. The molecule has 2 rings (SSSR count). The van der Waals surface area contributed by atoms with Crippen LogP contribution >= 0.6 is 0 Å². The normalized spacial score (nSPS) is 12.8. The van der Waals surface area contributed by atoms with Crippen molar-refractivity contribution >= 4 is 5.69 Å². The lowest BCUT2D eigenvalue weighted by molar-refractivity contribution is -0.137. The fourth-order valence-corrected chi connectivity index (χ4v) is 2.23. The van der Waals surface area contributed by atoms with Crippen molar-refractivity contribution in [3.8, 4) is 5.75 Å². The van der Waals surface area contributed by atoms with Crippen molar-refractivity contribution in [3.63, 3.8) is 0 Å². The highest BCUT2D eigenvalue weighted by Gasteiger charge is 2.33. The number of anilines is 1. The van der Waals surface area contributed by atoms with E-state index in [1.54, 1.807) is 36.4 Å². The summed E-state index contributed by atoms with van der Waals surface area (Å²) in [6.45, 7) is 1.90. The van der Waals surface area contributed by atoms with Crippen LogP contribution in [0.4, 0.5) is 18.9 Å². The number of hydrogen-bond acceptors (Lipinski definition) is 2. The molecule has 118 valence electrons. The molecule has 0 aliphatic rings. The van der Waals surface area contributed by atoms with Gasteiger partial charge in [0.2, 0.25) is 0 Å². The molecule has 0 aliphatic heterocycles. The molecule has 5 heteroatoms. The first-order valence-corrected chi connectivity index (χ1v) is 6.92. The molecular weight excluding hydrogens is 291 g/mol. The number of methoxy groups -OCH3 is 1. The van der Waals surface area contributed by atoms with Crippen LogP contribution < -0.4 is 10.1 Å². The lowest BCUT2D eigenvalue weighted by Gasteiger charge is -2.23. The Morgan fingerprint density at radius 2 is 1.68 bits per heavy atom. The summed E-state index contributed by atoms with van der Waals surface area (Å²) in [5.74, 6) is 0.516. The van der Waals surface area contributed by atoms with Crippen molar-refractivity contribution in [2.45, 2.75) is 25.6 Å². The van der Waals surface area contributed by atoms with E-state index in [0.717, 1.165) is 5.56 Å². The van der Waals surface area contributed by atoms with Crippen molar-refractivity contribution in [1.82, 2.24) is 0 Å². The zero-order valence-electron chi connectivity index (χ0n) is 12.4. The molecule has 2 nitrogen and oxygen atoms in total. The van der Waals surface area contributed by atoms with E-state index in [9.17, 15) is 13.2 Å². The first kappa shape index (κ1) is 16.2. The van der Waals surface area contributed by atoms with E-state index in [-0.39, 0.29) is 0 Å². The molecular formula is C17H18F3NO. The molecule has 0 radical (unpaired) electrons. The van der Waals surface area contributed by atoms with Gasteiger partial charge in [0.15, 0.2) is 0 Å². The molecule has 0 saturated heterocycles. The molecule has 0 aromatic heterocycles. The second kappa shape index (κ2) is 6.73. The second-order valence-corrected chi connectivity index (χ2v) is 5.13.